The number of hydrogen-bond acceptors (Lipinski definition) is 2. The summed E-state index contributed by atoms with van der Waals surface area (Å²) in [5, 5.41) is 3.43. The second-order valence-corrected chi connectivity index (χ2v) is 4.66. The van der Waals surface area contributed by atoms with Gasteiger partial charge in [-0.2, -0.15) is 0 Å². The number of nitrogens with two attached hydrogens (primary N) is 1. The fourth-order valence-corrected chi connectivity index (χ4v) is 2.42. The summed E-state index contributed by atoms with van der Waals surface area (Å²) in [5.41, 5.74) is 6.65. The van der Waals surface area contributed by atoms with Gasteiger partial charge in [-0.05, 0) is 37.9 Å². The molecule has 0 aromatic heterocycles. The van der Waals surface area contributed by atoms with E-state index in [1.165, 1.54) is 0 Å². The fraction of sp³-hybridized carbons (Fsp3) is 0.500. The van der Waals surface area contributed by atoms with Crippen molar-refractivity contribution in [3.8, 4) is 0 Å². The number of rotatable bonds is 2. The van der Waals surface area contributed by atoms with Gasteiger partial charge in [-0.3, -0.25) is 0 Å². The lowest BCUT2D eigenvalue weighted by atomic mass is 9.86. The zero-order valence-electron chi connectivity index (χ0n) is 9.46. The molecule has 0 radical (unpaired) electrons. The molecular weight excluding hydrogens is 262 g/mol. The number of hydrogen-bond donors (Lipinski definition) is 2. The van der Waals surface area contributed by atoms with Crippen LogP contribution in [0.5, 0.6) is 0 Å². The second kappa shape index (κ2) is 6.55. The Morgan fingerprint density at radius 2 is 2.00 bits per heavy atom. The van der Waals surface area contributed by atoms with Crippen molar-refractivity contribution >= 4 is 24.0 Å². The first-order valence-electron chi connectivity index (χ1n) is 5.60. The first-order chi connectivity index (χ1) is 7.70. The Hall–Kier alpha value is -0.350. The molecule has 2 nitrogen and oxygen atoms in total. The number of halogens is 3. The number of benzene rings is 1. The normalized spacial score (nSPS) is 18.5. The molecule has 3 N–H and O–H groups in total. The molecule has 1 saturated heterocycles. The number of piperidine rings is 1. The third-order valence-electron chi connectivity index (χ3n) is 3.23. The molecule has 0 spiro atoms. The lowest BCUT2D eigenvalue weighted by molar-refractivity contribution is 0.317. The van der Waals surface area contributed by atoms with E-state index in [1.54, 1.807) is 18.2 Å². The molecule has 1 aromatic carbocycles. The second-order valence-electron chi connectivity index (χ2n) is 4.26. The molecule has 0 amide bonds. The molecular formula is C12H17Cl2FN2. The Morgan fingerprint density at radius 3 is 2.65 bits per heavy atom. The van der Waals surface area contributed by atoms with Crippen LogP contribution in [0.3, 0.4) is 0 Å². The summed E-state index contributed by atoms with van der Waals surface area (Å²) in [4.78, 5) is 0. The average molecular weight is 279 g/mol. The van der Waals surface area contributed by atoms with Crippen LogP contribution in [0.4, 0.5) is 4.39 Å². The molecule has 0 bridgehead atoms. The standard InChI is InChI=1S/C12H16ClFN2.ClH/c13-10-3-1-2-9(11(10)14)12(15)8-4-6-16-7-5-8;/h1-3,8,12,16H,4-7,15H2;1H/t12-;/m1./s1. The van der Waals surface area contributed by atoms with Gasteiger partial charge in [-0.1, -0.05) is 23.7 Å². The fourth-order valence-electron chi connectivity index (χ4n) is 2.24. The van der Waals surface area contributed by atoms with Gasteiger partial charge in [-0.25, -0.2) is 4.39 Å². The van der Waals surface area contributed by atoms with Gasteiger partial charge in [0, 0.05) is 11.6 Å². The molecule has 1 aromatic rings. The smallest absolute Gasteiger partial charge is 0.146 e. The highest BCUT2D eigenvalue weighted by atomic mass is 35.5. The van der Waals surface area contributed by atoms with Crippen molar-refractivity contribution in [2.45, 2.75) is 18.9 Å². The van der Waals surface area contributed by atoms with Crippen molar-refractivity contribution in [1.82, 2.24) is 5.32 Å². The van der Waals surface area contributed by atoms with Crippen LogP contribution < -0.4 is 11.1 Å². The molecule has 0 unspecified atom stereocenters. The topological polar surface area (TPSA) is 38.0 Å². The molecule has 1 fully saturated rings. The van der Waals surface area contributed by atoms with Crippen LogP contribution in [-0.2, 0) is 0 Å². The van der Waals surface area contributed by atoms with E-state index in [0.29, 0.717) is 11.5 Å². The van der Waals surface area contributed by atoms with E-state index in [4.69, 9.17) is 17.3 Å². The minimum absolute atomic E-state index is 0. The summed E-state index contributed by atoms with van der Waals surface area (Å²) in [7, 11) is 0. The third-order valence-corrected chi connectivity index (χ3v) is 3.52. The molecule has 2 rings (SSSR count). The van der Waals surface area contributed by atoms with Crippen molar-refractivity contribution in [3.63, 3.8) is 0 Å². The molecule has 0 aliphatic carbocycles. The van der Waals surface area contributed by atoms with Gasteiger partial charge in [0.25, 0.3) is 0 Å². The summed E-state index contributed by atoms with van der Waals surface area (Å²) >= 11 is 5.75. The Bertz CT molecular complexity index is 368. The van der Waals surface area contributed by atoms with Crippen LogP contribution in [0.15, 0.2) is 18.2 Å². The lowest BCUT2D eigenvalue weighted by Crippen LogP contribution is -2.34. The van der Waals surface area contributed by atoms with Crippen LogP contribution in [0, 0.1) is 11.7 Å². The van der Waals surface area contributed by atoms with Crippen LogP contribution in [0.25, 0.3) is 0 Å². The van der Waals surface area contributed by atoms with Crippen molar-refractivity contribution in [2.24, 2.45) is 11.7 Å². The van der Waals surface area contributed by atoms with Gasteiger partial charge in [0.2, 0.25) is 0 Å². The summed E-state index contributed by atoms with van der Waals surface area (Å²) in [6.45, 7) is 1.92. The molecule has 1 atom stereocenters. The number of nitrogens with one attached hydrogen (secondary N) is 1. The van der Waals surface area contributed by atoms with Gasteiger partial charge in [0.15, 0.2) is 0 Å². The SMILES string of the molecule is Cl.N[C@@H](c1cccc(Cl)c1F)C1CCNCC1. The molecule has 1 heterocycles. The van der Waals surface area contributed by atoms with Gasteiger partial charge < -0.3 is 11.1 Å². The lowest BCUT2D eigenvalue weighted by Gasteiger charge is -2.28. The van der Waals surface area contributed by atoms with Crippen LogP contribution >= 0.6 is 24.0 Å². The molecule has 17 heavy (non-hydrogen) atoms. The average Bonchev–Trinajstić information content (AvgIpc) is 2.33. The van der Waals surface area contributed by atoms with E-state index in [9.17, 15) is 4.39 Å². The quantitative estimate of drug-likeness (QED) is 0.873. The maximum absolute atomic E-state index is 13.8. The highest BCUT2D eigenvalue weighted by Gasteiger charge is 2.24. The Morgan fingerprint density at radius 1 is 1.35 bits per heavy atom. The largest absolute Gasteiger partial charge is 0.324 e. The van der Waals surface area contributed by atoms with Crippen molar-refractivity contribution < 1.29 is 4.39 Å². The minimum atomic E-state index is -0.366. The van der Waals surface area contributed by atoms with E-state index in [1.807, 2.05) is 0 Å². The Kier molecular flexibility index (Phi) is 5.67. The van der Waals surface area contributed by atoms with Crippen LogP contribution in [0.2, 0.25) is 5.02 Å². The maximum atomic E-state index is 13.8. The van der Waals surface area contributed by atoms with Crippen molar-refractivity contribution in [2.75, 3.05) is 13.1 Å². The summed E-state index contributed by atoms with van der Waals surface area (Å²) < 4.78 is 13.8. The Balaban J connectivity index is 0.00000144. The molecule has 1 aliphatic heterocycles. The maximum Gasteiger partial charge on any atom is 0.146 e. The minimum Gasteiger partial charge on any atom is -0.324 e. The highest BCUT2D eigenvalue weighted by molar-refractivity contribution is 6.30. The zero-order chi connectivity index (χ0) is 11.5. The third kappa shape index (κ3) is 3.32. The molecule has 96 valence electrons. The zero-order valence-corrected chi connectivity index (χ0v) is 11.0. The van der Waals surface area contributed by atoms with E-state index in [-0.39, 0.29) is 29.3 Å². The first-order valence-corrected chi connectivity index (χ1v) is 5.98. The first kappa shape index (κ1) is 14.7. The van der Waals surface area contributed by atoms with Crippen LogP contribution in [-0.4, -0.2) is 13.1 Å². The van der Waals surface area contributed by atoms with E-state index < -0.39 is 0 Å². The van der Waals surface area contributed by atoms with Crippen molar-refractivity contribution in [3.05, 3.63) is 34.6 Å². The van der Waals surface area contributed by atoms with E-state index >= 15 is 0 Å². The van der Waals surface area contributed by atoms with Gasteiger partial charge >= 0.3 is 0 Å². The molecule has 5 heteroatoms. The summed E-state index contributed by atoms with van der Waals surface area (Å²) in [6, 6.07) is 4.78. The Labute approximate surface area is 112 Å². The highest BCUT2D eigenvalue weighted by Crippen LogP contribution is 2.30. The summed E-state index contributed by atoms with van der Waals surface area (Å²) in [6.07, 6.45) is 1.99. The van der Waals surface area contributed by atoms with Gasteiger partial charge in [0.1, 0.15) is 5.82 Å². The van der Waals surface area contributed by atoms with Crippen LogP contribution in [0.1, 0.15) is 24.4 Å². The predicted octanol–water partition coefficient (Wildman–Crippen LogP) is 2.90. The molecule has 1 aliphatic rings. The van der Waals surface area contributed by atoms with E-state index in [0.717, 1.165) is 25.9 Å². The van der Waals surface area contributed by atoms with Gasteiger partial charge in [0.05, 0.1) is 5.02 Å². The molecule has 0 saturated carbocycles. The predicted molar refractivity (Wildman–Crippen MR) is 71.2 cm³/mol. The summed E-state index contributed by atoms with van der Waals surface area (Å²) in [5.74, 6) is -0.0237. The monoisotopic (exact) mass is 278 g/mol. The van der Waals surface area contributed by atoms with Crippen molar-refractivity contribution in [1.29, 1.82) is 0 Å². The van der Waals surface area contributed by atoms with Gasteiger partial charge in [-0.15, -0.1) is 12.4 Å². The van der Waals surface area contributed by atoms with E-state index in [2.05, 4.69) is 5.32 Å².